The molecule has 0 aliphatic carbocycles. The van der Waals surface area contributed by atoms with E-state index >= 15 is 0 Å². The lowest BCUT2D eigenvalue weighted by molar-refractivity contribution is -0.0856. The van der Waals surface area contributed by atoms with E-state index in [4.69, 9.17) is 20.1 Å². The number of nitrogens with two attached hydrogens (primary N) is 1. The minimum absolute atomic E-state index is 0.0666. The van der Waals surface area contributed by atoms with Gasteiger partial charge in [-0.1, -0.05) is 17.7 Å². The van der Waals surface area contributed by atoms with Gasteiger partial charge in [0.1, 0.15) is 24.0 Å². The smallest absolute Gasteiger partial charge is 0.294 e. The summed E-state index contributed by atoms with van der Waals surface area (Å²) in [5.74, 6) is 0.304. The Morgan fingerprint density at radius 2 is 1.77 bits per heavy atom. The quantitative estimate of drug-likeness (QED) is 0.334. The Bertz CT molecular complexity index is 995. The Morgan fingerprint density at radius 1 is 1.13 bits per heavy atom. The molecule has 31 heavy (non-hydrogen) atoms. The number of nitrogens with zero attached hydrogens (tertiary/aromatic N) is 4. The second-order valence-corrected chi connectivity index (χ2v) is 8.68. The molecular formula is C18H25N5O7S. The molecule has 0 bridgehead atoms. The summed E-state index contributed by atoms with van der Waals surface area (Å²) in [5.41, 5.74) is 7.30. The van der Waals surface area contributed by atoms with Crippen molar-refractivity contribution in [1.29, 1.82) is 0 Å². The van der Waals surface area contributed by atoms with E-state index in [1.807, 2.05) is 6.92 Å². The van der Waals surface area contributed by atoms with Crippen molar-refractivity contribution in [3.8, 4) is 0 Å². The number of rotatable bonds is 3. The highest BCUT2D eigenvalue weighted by molar-refractivity contribution is 7.85. The molecule has 1 aromatic carbocycles. The van der Waals surface area contributed by atoms with Crippen molar-refractivity contribution in [1.82, 2.24) is 9.80 Å². The van der Waals surface area contributed by atoms with E-state index in [0.717, 1.165) is 5.56 Å². The Hall–Kier alpha value is -2.55. The van der Waals surface area contributed by atoms with Crippen LogP contribution in [-0.2, 0) is 14.9 Å². The first-order valence-electron chi connectivity index (χ1n) is 9.28. The normalized spacial score (nSPS) is 29.8. The van der Waals surface area contributed by atoms with Crippen LogP contribution in [0.1, 0.15) is 5.56 Å². The molecule has 12 nitrogen and oxygen atoms in total. The Labute approximate surface area is 179 Å². The van der Waals surface area contributed by atoms with Crippen LogP contribution in [0.2, 0.25) is 0 Å². The number of hydrogen-bond donors (Lipinski definition) is 5. The van der Waals surface area contributed by atoms with Gasteiger partial charge in [-0.25, -0.2) is 9.98 Å². The van der Waals surface area contributed by atoms with Crippen LogP contribution in [0, 0.1) is 6.92 Å². The maximum Gasteiger partial charge on any atom is 0.294 e. The molecule has 1 aromatic rings. The van der Waals surface area contributed by atoms with E-state index in [2.05, 4.69) is 9.98 Å². The Balaban J connectivity index is 0.000000210. The topological polar surface area (TPSA) is 182 Å². The van der Waals surface area contributed by atoms with E-state index in [1.165, 1.54) is 18.5 Å². The first-order valence-corrected chi connectivity index (χ1v) is 10.7. The highest BCUT2D eigenvalue weighted by atomic mass is 32.2. The van der Waals surface area contributed by atoms with Crippen LogP contribution in [0.3, 0.4) is 0 Å². The second kappa shape index (κ2) is 8.90. The van der Waals surface area contributed by atoms with Gasteiger partial charge in [-0.05, 0) is 19.1 Å². The van der Waals surface area contributed by atoms with Crippen molar-refractivity contribution in [3.05, 3.63) is 41.3 Å². The monoisotopic (exact) mass is 455 g/mol. The molecule has 0 saturated carbocycles. The first kappa shape index (κ1) is 23.1. The molecule has 0 amide bonds. The number of aliphatic hydroxyl groups is 3. The summed E-state index contributed by atoms with van der Waals surface area (Å²) < 4.78 is 35.1. The molecule has 3 aliphatic rings. The molecule has 6 N–H and O–H groups in total. The number of likely N-dealkylation sites (N-methyl/N-ethyl adjacent to an activating group) is 1. The molecule has 5 atom stereocenters. The van der Waals surface area contributed by atoms with Gasteiger partial charge in [0.25, 0.3) is 10.1 Å². The zero-order chi connectivity index (χ0) is 22.9. The van der Waals surface area contributed by atoms with Crippen LogP contribution >= 0.6 is 0 Å². The van der Waals surface area contributed by atoms with Crippen LogP contribution in [-0.4, -0.2) is 95.1 Å². The van der Waals surface area contributed by atoms with Crippen LogP contribution in [0.5, 0.6) is 0 Å². The fourth-order valence-corrected chi connectivity index (χ4v) is 3.81. The molecular weight excluding hydrogens is 430 g/mol. The van der Waals surface area contributed by atoms with Crippen molar-refractivity contribution in [2.24, 2.45) is 15.7 Å². The molecule has 1 saturated heterocycles. The van der Waals surface area contributed by atoms with Crippen molar-refractivity contribution in [3.63, 3.8) is 0 Å². The minimum atomic E-state index is -4.02. The summed E-state index contributed by atoms with van der Waals surface area (Å²) in [6.07, 6.45) is -1.22. The molecule has 5 unspecified atom stereocenters. The lowest BCUT2D eigenvalue weighted by Gasteiger charge is -2.37. The van der Waals surface area contributed by atoms with E-state index in [0.29, 0.717) is 11.5 Å². The third-order valence-electron chi connectivity index (χ3n) is 5.01. The molecule has 170 valence electrons. The molecule has 3 heterocycles. The van der Waals surface area contributed by atoms with Gasteiger partial charge in [0, 0.05) is 7.05 Å². The summed E-state index contributed by atoms with van der Waals surface area (Å²) in [6, 6.07) is 5.99. The highest BCUT2D eigenvalue weighted by Gasteiger charge is 2.49. The second-order valence-electron chi connectivity index (χ2n) is 7.26. The lowest BCUT2D eigenvalue weighted by atomic mass is 10.1. The Kier molecular flexibility index (Phi) is 6.64. The standard InChI is InChI=1S/C11H17N5O4.C7H8O3S/c1-15-3-14-9(12)6-10(15)16(4-13-6)11-8(19)7(18)5(2-17)20-11;1-6-2-4-7(5-3-6)11(8,9)10/h3-5,7-8,10-11,17-19H,2,12H2,1H3;2-5H,1H3,(H,8,9,10). The number of ether oxygens (including phenoxy) is 1. The molecule has 4 rings (SSSR count). The minimum Gasteiger partial charge on any atom is -0.394 e. The predicted molar refractivity (Wildman–Crippen MR) is 110 cm³/mol. The van der Waals surface area contributed by atoms with Crippen LogP contribution in [0.15, 0.2) is 50.7 Å². The summed E-state index contributed by atoms with van der Waals surface area (Å²) >= 11 is 0. The van der Waals surface area contributed by atoms with Gasteiger partial charge in [-0.15, -0.1) is 0 Å². The SMILES string of the molecule is CN1C=NC(N)=C2N=CN(C3OC(CO)C(O)C3O)C21.Cc1ccc(S(=O)(=O)O)cc1. The number of benzene rings is 1. The predicted octanol–water partition coefficient (Wildman–Crippen LogP) is -1.56. The first-order chi connectivity index (χ1) is 14.5. The zero-order valence-corrected chi connectivity index (χ0v) is 17.7. The van der Waals surface area contributed by atoms with Gasteiger partial charge in [0.2, 0.25) is 0 Å². The number of hydrogen-bond acceptors (Lipinski definition) is 11. The van der Waals surface area contributed by atoms with E-state index < -0.39 is 34.7 Å². The van der Waals surface area contributed by atoms with Gasteiger partial charge in [0.05, 0.1) is 24.2 Å². The molecule has 0 radical (unpaired) electrons. The van der Waals surface area contributed by atoms with Gasteiger partial charge < -0.3 is 35.6 Å². The van der Waals surface area contributed by atoms with Crippen molar-refractivity contribution in [2.45, 2.75) is 42.5 Å². The zero-order valence-electron chi connectivity index (χ0n) is 16.8. The number of aryl methyl sites for hydroxylation is 1. The maximum absolute atomic E-state index is 10.5. The van der Waals surface area contributed by atoms with Crippen LogP contribution < -0.4 is 5.73 Å². The van der Waals surface area contributed by atoms with Gasteiger partial charge >= 0.3 is 0 Å². The van der Waals surface area contributed by atoms with Crippen molar-refractivity contribution in [2.75, 3.05) is 13.7 Å². The molecule has 1 fully saturated rings. The van der Waals surface area contributed by atoms with Gasteiger partial charge in [-0.2, -0.15) is 8.42 Å². The third-order valence-corrected chi connectivity index (χ3v) is 5.88. The summed E-state index contributed by atoms with van der Waals surface area (Å²) in [6.45, 7) is 1.47. The lowest BCUT2D eigenvalue weighted by Crippen LogP contribution is -2.53. The van der Waals surface area contributed by atoms with E-state index in [9.17, 15) is 18.6 Å². The third kappa shape index (κ3) is 4.71. The van der Waals surface area contributed by atoms with E-state index in [-0.39, 0.29) is 17.7 Å². The average molecular weight is 455 g/mol. The molecule has 0 aromatic heterocycles. The van der Waals surface area contributed by atoms with Crippen LogP contribution in [0.4, 0.5) is 0 Å². The van der Waals surface area contributed by atoms with Crippen molar-refractivity contribution >= 4 is 22.8 Å². The summed E-state index contributed by atoms with van der Waals surface area (Å²) in [4.78, 5) is 11.5. The molecule has 13 heteroatoms. The molecule has 0 spiro atoms. The number of aliphatic imine (C=N–C) groups is 2. The average Bonchev–Trinajstić information content (AvgIpc) is 3.28. The number of fused-ring (bicyclic) bond motifs is 1. The summed E-state index contributed by atoms with van der Waals surface area (Å²) in [7, 11) is -2.22. The fraction of sp³-hybridized carbons (Fsp3) is 0.444. The van der Waals surface area contributed by atoms with E-state index in [1.54, 1.807) is 35.3 Å². The van der Waals surface area contributed by atoms with Gasteiger partial charge in [0.15, 0.2) is 18.2 Å². The molecule has 3 aliphatic heterocycles. The van der Waals surface area contributed by atoms with Crippen LogP contribution in [0.25, 0.3) is 0 Å². The van der Waals surface area contributed by atoms with Gasteiger partial charge in [-0.3, -0.25) is 4.55 Å². The fourth-order valence-electron chi connectivity index (χ4n) is 3.33. The Morgan fingerprint density at radius 3 is 2.32 bits per heavy atom. The highest BCUT2D eigenvalue weighted by Crippen LogP contribution is 2.32. The largest absolute Gasteiger partial charge is 0.394 e. The maximum atomic E-state index is 10.5. The van der Waals surface area contributed by atoms with Crippen molar-refractivity contribution < 1.29 is 33.0 Å². The number of aliphatic hydroxyl groups excluding tert-OH is 3. The summed E-state index contributed by atoms with van der Waals surface area (Å²) in [5, 5.41) is 29.0.